The third-order valence-corrected chi connectivity index (χ3v) is 12.2. The first kappa shape index (κ1) is 53.0. The number of benzene rings is 3. The van der Waals surface area contributed by atoms with Crippen molar-refractivity contribution >= 4 is 81.8 Å². The summed E-state index contributed by atoms with van der Waals surface area (Å²) in [6.07, 6.45) is 2.03. The van der Waals surface area contributed by atoms with Gasteiger partial charge in [-0.05, 0) is 90.1 Å². The molecule has 0 radical (unpaired) electrons. The molecule has 0 bridgehead atoms. The summed E-state index contributed by atoms with van der Waals surface area (Å²) >= 11 is 2.80. The lowest BCUT2D eigenvalue weighted by molar-refractivity contribution is -0.119. The largest absolute Gasteiger partial charge is 0.370 e. The fourth-order valence-corrected chi connectivity index (χ4v) is 7.89. The Labute approximate surface area is 386 Å². The Bertz CT molecular complexity index is 2010. The van der Waals surface area contributed by atoms with Crippen LogP contribution in [0.1, 0.15) is 106 Å². The van der Waals surface area contributed by atoms with Crippen LogP contribution in [0.15, 0.2) is 68.3 Å². The molecule has 0 heterocycles. The van der Waals surface area contributed by atoms with Crippen LogP contribution in [0.3, 0.4) is 0 Å². The highest BCUT2D eigenvalue weighted by Crippen LogP contribution is 2.41. The van der Waals surface area contributed by atoms with Gasteiger partial charge in [0.2, 0.25) is 11.8 Å². The first-order chi connectivity index (χ1) is 30.0. The molecule has 0 aliphatic heterocycles. The van der Waals surface area contributed by atoms with Crippen molar-refractivity contribution in [2.24, 2.45) is 56.0 Å². The third-order valence-electron chi connectivity index (χ3n) is 9.88. The minimum Gasteiger partial charge on any atom is -0.370 e. The molecule has 3 aromatic rings. The number of carbonyl (C=O) groups excluding carboxylic acids is 4. The Kier molecular flexibility index (Phi) is 20.4. The van der Waals surface area contributed by atoms with Gasteiger partial charge in [0.05, 0.1) is 38.6 Å². The predicted molar refractivity (Wildman–Crippen MR) is 266 cm³/mol. The lowest BCUT2D eigenvalue weighted by atomic mass is 9.86. The fraction of sp³-hybridized carbons (Fsp3) is 0.467. The summed E-state index contributed by atoms with van der Waals surface area (Å²) < 4.78 is 0. The minimum absolute atomic E-state index is 0.00451. The summed E-state index contributed by atoms with van der Waals surface area (Å²) in [4.78, 5) is 64.4. The van der Waals surface area contributed by atoms with Crippen LogP contribution < -0.4 is 61.4 Å². The number of carbonyl (C=O) groups is 4. The molecule has 0 aliphatic rings. The number of anilines is 4. The van der Waals surface area contributed by atoms with Gasteiger partial charge in [-0.2, -0.15) is 0 Å². The van der Waals surface area contributed by atoms with E-state index in [1.807, 2.05) is 72.7 Å². The monoisotopic (exact) mass is 920 g/mol. The van der Waals surface area contributed by atoms with Crippen molar-refractivity contribution in [3.63, 3.8) is 0 Å². The molecule has 17 nitrogen and oxygen atoms in total. The number of thioether (sulfide) groups is 2. The second-order valence-corrected chi connectivity index (χ2v) is 19.7. The van der Waals surface area contributed by atoms with Gasteiger partial charge in [-0.25, -0.2) is 0 Å². The normalized spacial score (nSPS) is 12.4. The number of nitrogens with zero attached hydrogens (tertiary/aromatic N) is 2. The minimum atomic E-state index is -0.842. The van der Waals surface area contributed by atoms with E-state index in [1.54, 1.807) is 18.2 Å². The molecular formula is C45H69N13O4S2. The van der Waals surface area contributed by atoms with E-state index in [4.69, 9.17) is 40.1 Å². The molecule has 0 unspecified atom stereocenters. The zero-order chi connectivity index (χ0) is 47.8. The highest BCUT2D eigenvalue weighted by molar-refractivity contribution is 7.99. The van der Waals surface area contributed by atoms with Crippen molar-refractivity contribution in [2.75, 3.05) is 59.0 Å². The van der Waals surface area contributed by atoms with Crippen LogP contribution in [0.5, 0.6) is 0 Å². The molecule has 3 aromatic carbocycles. The number of nitrogens with one attached hydrogen (secondary N) is 4. The van der Waals surface area contributed by atoms with Crippen LogP contribution in [0, 0.1) is 5.92 Å². The molecule has 0 fully saturated rings. The van der Waals surface area contributed by atoms with Crippen molar-refractivity contribution < 1.29 is 19.2 Å². The van der Waals surface area contributed by atoms with Crippen molar-refractivity contribution in [3.8, 4) is 0 Å². The standard InChI is InChI=1S/C45H69N13O4S2/c1-26(11-9-17-53-42(49)50)38(59)55-32-22-29(44(2,3)4)23-33(36(32)63-19-15-46)56-39(60)27-12-8-13-28(21-27)40(61)57-34-24-30(45(5,6)7)25-35(37(34)64-20-16-47)58-41(62)31(48)14-10-18-54-43(51)52/h8,12-13,21-26,31H,9-11,14-20,46-48H2,1-7H3,(H,55,59)(H,56,60)(H,57,61)(H,58,62)(H4,49,50,53)(H4,51,52,54)/t26-,31-/m0/s1. The summed E-state index contributed by atoms with van der Waals surface area (Å²) in [7, 11) is 0. The Morgan fingerprint density at radius 2 is 1.00 bits per heavy atom. The van der Waals surface area contributed by atoms with Gasteiger partial charge in [0, 0.05) is 54.7 Å². The second-order valence-electron chi connectivity index (χ2n) is 17.4. The summed E-state index contributed by atoms with van der Waals surface area (Å²) in [5, 5.41) is 12.2. The fourth-order valence-electron chi connectivity index (χ4n) is 6.19. The van der Waals surface area contributed by atoms with Crippen LogP contribution in [-0.4, -0.2) is 79.3 Å². The van der Waals surface area contributed by atoms with Gasteiger partial charge in [-0.1, -0.05) is 54.5 Å². The van der Waals surface area contributed by atoms with E-state index in [9.17, 15) is 19.2 Å². The zero-order valence-corrected chi connectivity index (χ0v) is 39.9. The van der Waals surface area contributed by atoms with E-state index in [2.05, 4.69) is 31.3 Å². The summed E-state index contributed by atoms with van der Waals surface area (Å²) in [5.41, 5.74) is 43.3. The number of aliphatic imine (C=N–C) groups is 2. The van der Waals surface area contributed by atoms with Gasteiger partial charge >= 0.3 is 0 Å². The van der Waals surface area contributed by atoms with Gasteiger partial charge in [-0.15, -0.1) is 23.5 Å². The Morgan fingerprint density at radius 3 is 1.39 bits per heavy atom. The summed E-state index contributed by atoms with van der Waals surface area (Å²) in [6.45, 7) is 15.5. The molecule has 64 heavy (non-hydrogen) atoms. The number of nitrogens with two attached hydrogens (primary N) is 7. The summed E-state index contributed by atoms with van der Waals surface area (Å²) in [5.74, 6) is -0.893. The molecular weight excluding hydrogens is 851 g/mol. The zero-order valence-electron chi connectivity index (χ0n) is 38.2. The second kappa shape index (κ2) is 24.6. The Hall–Kier alpha value is -5.34. The SMILES string of the molecule is C[C@@H](CCCN=C(N)N)C(=O)Nc1cc(C(C)(C)C)cc(NC(=O)c2cccc(C(=O)Nc3cc(C(C)(C)C)cc(NC(=O)[C@@H](N)CCCN=C(N)N)c3SCCN)c2)c1SCCN. The van der Waals surface area contributed by atoms with Gasteiger partial charge in [0.15, 0.2) is 11.9 Å². The van der Waals surface area contributed by atoms with Crippen LogP contribution >= 0.6 is 23.5 Å². The van der Waals surface area contributed by atoms with Crippen LogP contribution in [0.25, 0.3) is 0 Å². The van der Waals surface area contributed by atoms with E-state index in [1.165, 1.54) is 29.6 Å². The molecule has 0 spiro atoms. The van der Waals surface area contributed by atoms with Crippen LogP contribution in [-0.2, 0) is 20.4 Å². The molecule has 0 aromatic heterocycles. The Balaban J connectivity index is 1.99. The number of hydrogen-bond acceptors (Lipinski definition) is 11. The van der Waals surface area contributed by atoms with E-state index in [0.717, 1.165) is 11.1 Å². The molecule has 4 amide bonds. The van der Waals surface area contributed by atoms with E-state index < -0.39 is 23.8 Å². The molecule has 2 atom stereocenters. The average molecular weight is 920 g/mol. The molecule has 19 heteroatoms. The van der Waals surface area contributed by atoms with E-state index in [0.29, 0.717) is 95.9 Å². The van der Waals surface area contributed by atoms with Gasteiger partial charge in [0.25, 0.3) is 11.8 Å². The number of guanidine groups is 2. The molecule has 350 valence electrons. The van der Waals surface area contributed by atoms with Crippen LogP contribution in [0.4, 0.5) is 22.7 Å². The highest BCUT2D eigenvalue weighted by Gasteiger charge is 2.26. The first-order valence-electron chi connectivity index (χ1n) is 21.3. The maximum atomic E-state index is 14.1. The molecule has 0 saturated heterocycles. The van der Waals surface area contributed by atoms with Crippen molar-refractivity contribution in [1.82, 2.24) is 0 Å². The smallest absolute Gasteiger partial charge is 0.255 e. The lowest BCUT2D eigenvalue weighted by Gasteiger charge is -2.25. The number of rotatable bonds is 22. The van der Waals surface area contributed by atoms with Gasteiger partial charge < -0.3 is 61.4 Å². The number of hydrogen-bond donors (Lipinski definition) is 11. The lowest BCUT2D eigenvalue weighted by Crippen LogP contribution is -2.36. The van der Waals surface area contributed by atoms with Crippen molar-refractivity contribution in [3.05, 3.63) is 70.8 Å². The van der Waals surface area contributed by atoms with Crippen LogP contribution in [0.2, 0.25) is 0 Å². The Morgan fingerprint density at radius 1 is 0.609 bits per heavy atom. The van der Waals surface area contributed by atoms with Gasteiger partial charge in [-0.3, -0.25) is 29.2 Å². The summed E-state index contributed by atoms with van der Waals surface area (Å²) in [6, 6.07) is 13.1. The van der Waals surface area contributed by atoms with Crippen molar-refractivity contribution in [1.29, 1.82) is 0 Å². The molecule has 0 saturated carbocycles. The third kappa shape index (κ3) is 16.7. The maximum Gasteiger partial charge on any atom is 0.255 e. The molecule has 0 aliphatic carbocycles. The molecule has 3 rings (SSSR count). The van der Waals surface area contributed by atoms with Crippen molar-refractivity contribution in [2.45, 2.75) is 101 Å². The van der Waals surface area contributed by atoms with E-state index >= 15 is 0 Å². The topological polar surface area (TPSA) is 323 Å². The molecule has 18 N–H and O–H groups in total. The van der Waals surface area contributed by atoms with Gasteiger partial charge in [0.1, 0.15) is 0 Å². The van der Waals surface area contributed by atoms with E-state index in [-0.39, 0.29) is 45.7 Å². The first-order valence-corrected chi connectivity index (χ1v) is 23.3. The quantitative estimate of drug-likeness (QED) is 0.0279. The number of amides is 4. The average Bonchev–Trinajstić information content (AvgIpc) is 3.22. The maximum absolute atomic E-state index is 14.1. The predicted octanol–water partition coefficient (Wildman–Crippen LogP) is 4.84. The highest BCUT2D eigenvalue weighted by atomic mass is 32.2.